The number of aromatic nitrogens is 1. The molecule has 0 aromatic carbocycles. The van der Waals surface area contributed by atoms with Gasteiger partial charge < -0.3 is 10.0 Å². The Bertz CT molecular complexity index is 426. The van der Waals surface area contributed by atoms with Gasteiger partial charge in [0.1, 0.15) is 5.15 Å². The van der Waals surface area contributed by atoms with Gasteiger partial charge in [0.05, 0.1) is 12.2 Å². The lowest BCUT2D eigenvalue weighted by molar-refractivity contribution is 0.0742. The molecule has 1 aromatic rings. The van der Waals surface area contributed by atoms with Crippen LogP contribution in [0, 0.1) is 0 Å². The lowest BCUT2D eigenvalue weighted by atomic mass is 10.2. The molecule has 4 nitrogen and oxygen atoms in total. The van der Waals surface area contributed by atoms with Gasteiger partial charge in [0.15, 0.2) is 0 Å². The molecular formula is C11H12BrClN2O2. The van der Waals surface area contributed by atoms with Crippen LogP contribution < -0.4 is 0 Å². The minimum absolute atomic E-state index is 0.112. The first-order chi connectivity index (χ1) is 8.10. The molecular weight excluding hydrogens is 307 g/mol. The predicted octanol–water partition coefficient (Wildman–Crippen LogP) is 2.12. The van der Waals surface area contributed by atoms with E-state index >= 15 is 0 Å². The predicted molar refractivity (Wildman–Crippen MR) is 70.1 cm³/mol. The summed E-state index contributed by atoms with van der Waals surface area (Å²) in [5, 5.41) is 9.04. The van der Waals surface area contributed by atoms with Crippen LogP contribution in [0.3, 0.4) is 0 Å². The average molecular weight is 320 g/mol. The maximum Gasteiger partial charge on any atom is 0.257 e. The van der Waals surface area contributed by atoms with Crippen molar-refractivity contribution < 1.29 is 9.90 Å². The standard InChI is InChI=1S/C11H12BrClN2O2/c1-2-3-15(4-5-16)11(17)9-6-8(12)7-14-10(9)13/h2,6-7,16H,1,3-5H2. The van der Waals surface area contributed by atoms with Gasteiger partial charge in [-0.25, -0.2) is 4.98 Å². The van der Waals surface area contributed by atoms with Crippen molar-refractivity contribution in [2.75, 3.05) is 19.7 Å². The molecule has 1 N–H and O–H groups in total. The highest BCUT2D eigenvalue weighted by atomic mass is 79.9. The summed E-state index contributed by atoms with van der Waals surface area (Å²) < 4.78 is 0.674. The van der Waals surface area contributed by atoms with E-state index in [1.165, 1.54) is 11.1 Å². The van der Waals surface area contributed by atoms with Gasteiger partial charge in [-0.2, -0.15) is 0 Å². The Morgan fingerprint density at radius 3 is 3.00 bits per heavy atom. The molecule has 0 spiro atoms. The van der Waals surface area contributed by atoms with E-state index in [0.717, 1.165) is 0 Å². The summed E-state index contributed by atoms with van der Waals surface area (Å²) in [4.78, 5) is 17.5. The number of rotatable bonds is 5. The summed E-state index contributed by atoms with van der Waals surface area (Å²) in [6.45, 7) is 4.03. The molecule has 0 bridgehead atoms. The monoisotopic (exact) mass is 318 g/mol. The number of aliphatic hydroxyl groups is 1. The van der Waals surface area contributed by atoms with E-state index in [-0.39, 0.29) is 24.2 Å². The van der Waals surface area contributed by atoms with E-state index in [4.69, 9.17) is 16.7 Å². The van der Waals surface area contributed by atoms with Crippen LogP contribution >= 0.6 is 27.5 Å². The summed E-state index contributed by atoms with van der Waals surface area (Å²) in [5.74, 6) is -0.280. The molecule has 0 radical (unpaired) electrons. The molecule has 0 fully saturated rings. The summed E-state index contributed by atoms with van der Waals surface area (Å²) in [6.07, 6.45) is 3.11. The van der Waals surface area contributed by atoms with Crippen LogP contribution in [0.25, 0.3) is 0 Å². The summed E-state index contributed by atoms with van der Waals surface area (Å²) in [5.41, 5.74) is 0.302. The third kappa shape index (κ3) is 3.80. The molecule has 0 atom stereocenters. The summed E-state index contributed by atoms with van der Waals surface area (Å²) in [7, 11) is 0. The quantitative estimate of drug-likeness (QED) is 0.668. The van der Waals surface area contributed by atoms with Crippen molar-refractivity contribution in [1.29, 1.82) is 0 Å². The molecule has 0 saturated carbocycles. The number of hydrogen-bond donors (Lipinski definition) is 1. The SMILES string of the molecule is C=CCN(CCO)C(=O)c1cc(Br)cnc1Cl. The maximum atomic E-state index is 12.1. The number of aliphatic hydroxyl groups excluding tert-OH is 1. The number of nitrogens with zero attached hydrogens (tertiary/aromatic N) is 2. The third-order valence-electron chi connectivity index (χ3n) is 2.04. The van der Waals surface area contributed by atoms with Gasteiger partial charge in [0, 0.05) is 23.8 Å². The van der Waals surface area contributed by atoms with Crippen LogP contribution in [0.2, 0.25) is 5.15 Å². The Morgan fingerprint density at radius 1 is 1.71 bits per heavy atom. The summed E-state index contributed by atoms with van der Waals surface area (Å²) in [6, 6.07) is 1.60. The Balaban J connectivity index is 2.99. The van der Waals surface area contributed by atoms with E-state index in [1.54, 1.807) is 12.1 Å². The highest BCUT2D eigenvalue weighted by molar-refractivity contribution is 9.10. The summed E-state index contributed by atoms with van der Waals surface area (Å²) >= 11 is 9.10. The van der Waals surface area contributed by atoms with E-state index < -0.39 is 0 Å². The normalized spacial score (nSPS) is 10.1. The Labute approximate surface area is 113 Å². The maximum absolute atomic E-state index is 12.1. The minimum Gasteiger partial charge on any atom is -0.395 e. The van der Waals surface area contributed by atoms with Crippen LogP contribution in [-0.4, -0.2) is 40.6 Å². The zero-order valence-corrected chi connectivity index (χ0v) is 11.4. The molecule has 0 aliphatic rings. The van der Waals surface area contributed by atoms with Crippen LogP contribution in [0.4, 0.5) is 0 Å². The number of carbonyl (C=O) groups is 1. The fraction of sp³-hybridized carbons (Fsp3) is 0.273. The number of hydrogen-bond acceptors (Lipinski definition) is 3. The van der Waals surface area contributed by atoms with Gasteiger partial charge in [-0.1, -0.05) is 17.7 Å². The highest BCUT2D eigenvalue weighted by Crippen LogP contribution is 2.19. The second-order valence-corrected chi connectivity index (χ2v) is 4.53. The first kappa shape index (κ1) is 14.2. The lowest BCUT2D eigenvalue weighted by Gasteiger charge is -2.20. The van der Waals surface area contributed by atoms with Gasteiger partial charge in [-0.05, 0) is 22.0 Å². The fourth-order valence-corrected chi connectivity index (χ4v) is 1.81. The van der Waals surface area contributed by atoms with Crippen LogP contribution in [0.1, 0.15) is 10.4 Å². The number of amides is 1. The number of pyridine rings is 1. The first-order valence-corrected chi connectivity index (χ1v) is 6.09. The van der Waals surface area contributed by atoms with Crippen molar-refractivity contribution >= 4 is 33.4 Å². The van der Waals surface area contributed by atoms with Crippen molar-refractivity contribution in [3.8, 4) is 0 Å². The van der Waals surface area contributed by atoms with Crippen LogP contribution in [0.5, 0.6) is 0 Å². The molecule has 1 amide bonds. The molecule has 0 aliphatic carbocycles. The number of halogens is 2. The Hall–Kier alpha value is -0.910. The molecule has 0 aliphatic heterocycles. The van der Waals surface area contributed by atoms with Crippen LogP contribution in [-0.2, 0) is 0 Å². The Morgan fingerprint density at radius 2 is 2.41 bits per heavy atom. The van der Waals surface area contributed by atoms with Gasteiger partial charge in [0.2, 0.25) is 0 Å². The molecule has 0 saturated heterocycles. The van der Waals surface area contributed by atoms with E-state index in [1.807, 2.05) is 0 Å². The van der Waals surface area contributed by atoms with Gasteiger partial charge in [0.25, 0.3) is 5.91 Å². The first-order valence-electron chi connectivity index (χ1n) is 4.92. The van der Waals surface area contributed by atoms with E-state index in [9.17, 15) is 4.79 Å². The average Bonchev–Trinajstić information content (AvgIpc) is 2.31. The Kier molecular flexibility index (Phi) is 5.61. The van der Waals surface area contributed by atoms with Crippen molar-refractivity contribution in [2.45, 2.75) is 0 Å². The molecule has 1 heterocycles. The van der Waals surface area contributed by atoms with Crippen molar-refractivity contribution in [2.24, 2.45) is 0 Å². The molecule has 17 heavy (non-hydrogen) atoms. The largest absolute Gasteiger partial charge is 0.395 e. The molecule has 0 unspecified atom stereocenters. The van der Waals surface area contributed by atoms with Gasteiger partial charge in [-0.15, -0.1) is 6.58 Å². The minimum atomic E-state index is -0.280. The third-order valence-corrected chi connectivity index (χ3v) is 2.78. The zero-order chi connectivity index (χ0) is 12.8. The smallest absolute Gasteiger partial charge is 0.257 e. The molecule has 92 valence electrons. The van der Waals surface area contributed by atoms with Crippen molar-refractivity contribution in [3.63, 3.8) is 0 Å². The van der Waals surface area contributed by atoms with Gasteiger partial charge in [-0.3, -0.25) is 4.79 Å². The van der Waals surface area contributed by atoms with Crippen molar-refractivity contribution in [3.05, 3.63) is 40.1 Å². The fourth-order valence-electron chi connectivity index (χ4n) is 1.30. The van der Waals surface area contributed by atoms with Crippen LogP contribution in [0.15, 0.2) is 29.4 Å². The second-order valence-electron chi connectivity index (χ2n) is 3.26. The van der Waals surface area contributed by atoms with E-state index in [2.05, 4.69) is 27.5 Å². The molecule has 6 heteroatoms. The lowest BCUT2D eigenvalue weighted by Crippen LogP contribution is -2.34. The second kappa shape index (κ2) is 6.74. The van der Waals surface area contributed by atoms with Crippen molar-refractivity contribution in [1.82, 2.24) is 9.88 Å². The molecule has 1 rings (SSSR count). The zero-order valence-electron chi connectivity index (χ0n) is 9.07. The topological polar surface area (TPSA) is 53.4 Å². The number of carbonyl (C=O) groups excluding carboxylic acids is 1. The highest BCUT2D eigenvalue weighted by Gasteiger charge is 2.18. The van der Waals surface area contributed by atoms with E-state index in [0.29, 0.717) is 16.6 Å². The molecule has 1 aromatic heterocycles. The van der Waals surface area contributed by atoms with Gasteiger partial charge >= 0.3 is 0 Å².